The van der Waals surface area contributed by atoms with Gasteiger partial charge in [-0.1, -0.05) is 0 Å². The molecule has 9 aromatic rings. The normalized spacial score (nSPS) is 13.2. The summed E-state index contributed by atoms with van der Waals surface area (Å²) in [4.78, 5) is 0. The second kappa shape index (κ2) is 10.3. The summed E-state index contributed by atoms with van der Waals surface area (Å²) in [6.45, 7) is 2.11. The third kappa shape index (κ3) is 4.03. The van der Waals surface area contributed by atoms with Crippen molar-refractivity contribution in [2.75, 3.05) is 0 Å². The molecule has 1 aliphatic heterocycles. The van der Waals surface area contributed by atoms with E-state index in [-0.39, 0.29) is 0 Å². The fourth-order valence-electron chi connectivity index (χ4n) is 7.60. The van der Waals surface area contributed by atoms with Gasteiger partial charge in [0, 0.05) is 0 Å². The number of para-hydroxylation sites is 2. The van der Waals surface area contributed by atoms with Crippen molar-refractivity contribution in [2.24, 2.45) is 0 Å². The quantitative estimate of drug-likeness (QED) is 0.160. The average Bonchev–Trinajstić information content (AvgIpc) is 3.73. The van der Waals surface area contributed by atoms with Crippen molar-refractivity contribution in [3.63, 3.8) is 0 Å². The number of aromatic nitrogens is 2. The second-order valence-corrected chi connectivity index (χ2v) is 17.9. The summed E-state index contributed by atoms with van der Waals surface area (Å²) in [5, 5.41) is 5.81. The fraction of sp³-hybridized carbons (Fsp3) is 0.0233. The summed E-state index contributed by atoms with van der Waals surface area (Å²) in [6, 6.07) is 56.1. The standard InChI is InChI=1S/C43H28ClIN2/c1-27-22-28(44)24-31(23-27)47-42-20-18-29(45-38-14-6-2-10-32(38)33-11-3-7-15-39(33)45)25-36(42)37-26-30(19-21-43(37)47)46-40-16-8-4-12-34(40)35-13-5-9-17-41(35)46/h2-26H,1H3. The van der Waals surface area contributed by atoms with Gasteiger partial charge in [0.15, 0.2) is 0 Å². The number of benzene rings is 7. The Morgan fingerprint density at radius 2 is 0.979 bits per heavy atom. The molecule has 0 atom stereocenters. The molecule has 0 saturated carbocycles. The molecular formula is C43H28ClIN2. The number of hydrogen-bond acceptors (Lipinski definition) is 0. The first-order valence-corrected chi connectivity index (χ1v) is 19.5. The van der Waals surface area contributed by atoms with Crippen LogP contribution in [0.15, 0.2) is 152 Å². The van der Waals surface area contributed by atoms with E-state index in [4.69, 9.17) is 11.6 Å². The zero-order valence-electron chi connectivity index (χ0n) is 25.6. The van der Waals surface area contributed by atoms with Gasteiger partial charge in [0.1, 0.15) is 0 Å². The van der Waals surface area contributed by atoms with Gasteiger partial charge < -0.3 is 0 Å². The van der Waals surface area contributed by atoms with Gasteiger partial charge in [0.05, 0.1) is 0 Å². The predicted octanol–water partition coefficient (Wildman–Crippen LogP) is 12.2. The first kappa shape index (κ1) is 27.3. The number of halogens is 2. The maximum atomic E-state index is 6.67. The van der Waals surface area contributed by atoms with Gasteiger partial charge in [-0.05, 0) is 0 Å². The van der Waals surface area contributed by atoms with Crippen LogP contribution in [0, 0.1) is 17.6 Å². The number of aryl methyl sites for hydroxylation is 1. The third-order valence-electron chi connectivity index (χ3n) is 9.50. The van der Waals surface area contributed by atoms with E-state index >= 15 is 0 Å². The molecule has 0 bridgehead atoms. The monoisotopic (exact) mass is 734 g/mol. The van der Waals surface area contributed by atoms with Gasteiger partial charge in [-0.15, -0.1) is 0 Å². The van der Waals surface area contributed by atoms with Crippen LogP contribution in [0.2, 0.25) is 5.02 Å². The molecule has 4 heteroatoms. The van der Waals surface area contributed by atoms with Crippen LogP contribution in [0.4, 0.5) is 0 Å². The average molecular weight is 735 g/mol. The maximum absolute atomic E-state index is 6.67. The SMILES string of the molecule is Cc1cc(Cl)cc(-n2c3ccc(-n4c5ccccc5c5ccccc54)cc3c3cc(I4c5ccccc5-c5ccccc54)ccc32)c1. The zero-order valence-corrected chi connectivity index (χ0v) is 28.5. The van der Waals surface area contributed by atoms with Gasteiger partial charge in [0.2, 0.25) is 0 Å². The molecule has 224 valence electrons. The summed E-state index contributed by atoms with van der Waals surface area (Å²) in [7, 11) is 0. The Morgan fingerprint density at radius 1 is 0.447 bits per heavy atom. The molecule has 2 aromatic heterocycles. The van der Waals surface area contributed by atoms with Crippen molar-refractivity contribution in [1.29, 1.82) is 0 Å². The molecule has 0 N–H and O–H groups in total. The van der Waals surface area contributed by atoms with E-state index in [2.05, 4.69) is 162 Å². The van der Waals surface area contributed by atoms with E-state index in [9.17, 15) is 0 Å². The topological polar surface area (TPSA) is 9.86 Å². The molecule has 0 unspecified atom stereocenters. The second-order valence-electron chi connectivity index (χ2n) is 12.3. The summed E-state index contributed by atoms with van der Waals surface area (Å²) >= 11 is 4.77. The Kier molecular flexibility index (Phi) is 6.00. The van der Waals surface area contributed by atoms with Crippen molar-refractivity contribution in [3.8, 4) is 22.5 Å². The van der Waals surface area contributed by atoms with Crippen molar-refractivity contribution in [2.45, 2.75) is 6.92 Å². The summed E-state index contributed by atoms with van der Waals surface area (Å²) in [5.41, 5.74) is 11.0. The molecule has 47 heavy (non-hydrogen) atoms. The molecule has 3 heterocycles. The molecule has 0 saturated heterocycles. The molecule has 10 rings (SSSR count). The first-order chi connectivity index (χ1) is 23.1. The van der Waals surface area contributed by atoms with Crippen LogP contribution < -0.4 is 0 Å². The third-order valence-corrected chi connectivity index (χ3v) is 15.8. The van der Waals surface area contributed by atoms with Crippen LogP contribution in [0.25, 0.3) is 66.1 Å². The van der Waals surface area contributed by atoms with E-state index < -0.39 is 19.8 Å². The van der Waals surface area contributed by atoms with Crippen LogP contribution in [-0.4, -0.2) is 9.13 Å². The van der Waals surface area contributed by atoms with E-state index in [1.54, 1.807) is 0 Å². The van der Waals surface area contributed by atoms with E-state index in [1.807, 2.05) is 6.07 Å². The molecule has 2 nitrogen and oxygen atoms in total. The van der Waals surface area contributed by atoms with Crippen LogP contribution >= 0.6 is 31.4 Å². The number of hydrogen-bond donors (Lipinski definition) is 0. The summed E-state index contributed by atoms with van der Waals surface area (Å²) < 4.78 is 9.32. The zero-order chi connectivity index (χ0) is 31.2. The Hall–Kier alpha value is -4.84. The molecule has 0 spiro atoms. The fourth-order valence-corrected chi connectivity index (χ4v) is 14.3. The molecule has 0 radical (unpaired) electrons. The van der Waals surface area contributed by atoms with Gasteiger partial charge in [-0.3, -0.25) is 0 Å². The van der Waals surface area contributed by atoms with E-state index in [1.165, 1.54) is 65.4 Å². The minimum absolute atomic E-state index is 0.751. The molecule has 7 aromatic carbocycles. The first-order valence-electron chi connectivity index (χ1n) is 15.9. The van der Waals surface area contributed by atoms with Crippen molar-refractivity contribution in [1.82, 2.24) is 9.13 Å². The van der Waals surface area contributed by atoms with Crippen LogP contribution in [0.1, 0.15) is 5.56 Å². The molecule has 0 aliphatic carbocycles. The molecular weight excluding hydrogens is 707 g/mol. The van der Waals surface area contributed by atoms with Crippen LogP contribution in [-0.2, 0) is 0 Å². The van der Waals surface area contributed by atoms with Gasteiger partial charge >= 0.3 is 287 Å². The van der Waals surface area contributed by atoms with Crippen molar-refractivity contribution >= 4 is 75.0 Å². The molecule has 0 fully saturated rings. The van der Waals surface area contributed by atoms with Gasteiger partial charge in [-0.2, -0.15) is 0 Å². The van der Waals surface area contributed by atoms with Crippen LogP contribution in [0.5, 0.6) is 0 Å². The van der Waals surface area contributed by atoms with Crippen molar-refractivity contribution < 1.29 is 0 Å². The predicted molar refractivity (Wildman–Crippen MR) is 207 cm³/mol. The Morgan fingerprint density at radius 3 is 1.64 bits per heavy atom. The van der Waals surface area contributed by atoms with Crippen LogP contribution in [0.3, 0.4) is 0 Å². The number of nitrogens with zero attached hydrogens (tertiary/aromatic N) is 2. The summed E-state index contributed by atoms with van der Waals surface area (Å²) in [6.07, 6.45) is 0. The number of rotatable bonds is 3. The van der Waals surface area contributed by atoms with E-state index in [0.717, 1.165) is 22.0 Å². The summed E-state index contributed by atoms with van der Waals surface area (Å²) in [5.74, 6) is 0. The molecule has 1 aliphatic rings. The van der Waals surface area contributed by atoms with E-state index in [0.29, 0.717) is 0 Å². The van der Waals surface area contributed by atoms with Gasteiger partial charge in [-0.25, -0.2) is 0 Å². The Labute approximate surface area is 284 Å². The van der Waals surface area contributed by atoms with Gasteiger partial charge in [0.25, 0.3) is 0 Å². The minimum atomic E-state index is -1.90. The Bertz CT molecular complexity index is 2610. The Balaban J connectivity index is 1.28. The molecule has 0 amide bonds. The number of fused-ring (bicyclic) bond motifs is 9. The van der Waals surface area contributed by atoms with Crippen molar-refractivity contribution in [3.05, 3.63) is 173 Å².